The van der Waals surface area contributed by atoms with E-state index in [9.17, 15) is 4.79 Å². The lowest BCUT2D eigenvalue weighted by Crippen LogP contribution is -2.57. The molecule has 1 unspecified atom stereocenters. The van der Waals surface area contributed by atoms with Gasteiger partial charge < -0.3 is 10.5 Å². The number of piperidine rings is 1. The Hall–Kier alpha value is -1.55. The van der Waals surface area contributed by atoms with E-state index in [4.69, 9.17) is 10.5 Å². The van der Waals surface area contributed by atoms with Gasteiger partial charge in [-0.15, -0.1) is 0 Å². The van der Waals surface area contributed by atoms with E-state index in [2.05, 4.69) is 17.0 Å². The molecule has 1 spiro atoms. The molecule has 0 saturated carbocycles. The van der Waals surface area contributed by atoms with Gasteiger partial charge in [0.05, 0.1) is 13.7 Å². The van der Waals surface area contributed by atoms with E-state index >= 15 is 0 Å². The van der Waals surface area contributed by atoms with E-state index in [-0.39, 0.29) is 11.4 Å². The van der Waals surface area contributed by atoms with Crippen LogP contribution in [-0.2, 0) is 17.6 Å². The number of hydrogen-bond acceptors (Lipinski definition) is 3. The van der Waals surface area contributed by atoms with E-state index in [0.29, 0.717) is 6.54 Å². The summed E-state index contributed by atoms with van der Waals surface area (Å²) in [5.74, 6) is 0.721. The second-order valence-electron chi connectivity index (χ2n) is 6.38. The number of benzene rings is 1. The monoisotopic (exact) mass is 288 g/mol. The molecule has 21 heavy (non-hydrogen) atoms. The normalized spacial score (nSPS) is 25.6. The van der Waals surface area contributed by atoms with E-state index in [0.717, 1.165) is 31.6 Å². The first kappa shape index (κ1) is 14.4. The van der Waals surface area contributed by atoms with Crippen LogP contribution in [0.25, 0.3) is 0 Å². The lowest BCUT2D eigenvalue weighted by Gasteiger charge is -2.49. The van der Waals surface area contributed by atoms with Crippen molar-refractivity contribution in [3.63, 3.8) is 0 Å². The molecular formula is C17H24N2O2. The number of nitrogens with zero attached hydrogens (tertiary/aromatic N) is 1. The highest BCUT2D eigenvalue weighted by molar-refractivity contribution is 5.76. The molecule has 0 aromatic heterocycles. The Kier molecular flexibility index (Phi) is 3.89. The number of hydrogen-bond donors (Lipinski definition) is 1. The first-order valence-electron chi connectivity index (χ1n) is 7.82. The van der Waals surface area contributed by atoms with Gasteiger partial charge in [0.15, 0.2) is 0 Å². The van der Waals surface area contributed by atoms with E-state index in [1.165, 1.54) is 30.4 Å². The molecule has 1 aromatic rings. The predicted molar refractivity (Wildman–Crippen MR) is 82.4 cm³/mol. The Balaban J connectivity index is 1.86. The number of amides is 1. The van der Waals surface area contributed by atoms with Crippen molar-refractivity contribution >= 4 is 5.91 Å². The van der Waals surface area contributed by atoms with Gasteiger partial charge in [-0.3, -0.25) is 9.69 Å². The Morgan fingerprint density at radius 1 is 1.33 bits per heavy atom. The highest BCUT2D eigenvalue weighted by Crippen LogP contribution is 2.40. The Morgan fingerprint density at radius 2 is 2.19 bits per heavy atom. The minimum Gasteiger partial charge on any atom is -0.497 e. The van der Waals surface area contributed by atoms with Gasteiger partial charge in [-0.25, -0.2) is 0 Å². The van der Waals surface area contributed by atoms with Crippen LogP contribution < -0.4 is 10.5 Å². The van der Waals surface area contributed by atoms with Crippen molar-refractivity contribution in [1.29, 1.82) is 0 Å². The number of ether oxygens (including phenoxy) is 1. The summed E-state index contributed by atoms with van der Waals surface area (Å²) in [6, 6.07) is 6.38. The van der Waals surface area contributed by atoms with Crippen LogP contribution in [0.1, 0.15) is 36.8 Å². The van der Waals surface area contributed by atoms with E-state index < -0.39 is 0 Å². The number of primary amides is 1. The van der Waals surface area contributed by atoms with Gasteiger partial charge in [0.2, 0.25) is 5.91 Å². The topological polar surface area (TPSA) is 55.6 Å². The predicted octanol–water partition coefficient (Wildman–Crippen LogP) is 1.89. The fourth-order valence-corrected chi connectivity index (χ4v) is 4.01. The number of rotatable bonds is 3. The molecule has 4 heteroatoms. The average Bonchev–Trinajstić information content (AvgIpc) is 2.49. The molecule has 114 valence electrons. The zero-order valence-corrected chi connectivity index (χ0v) is 12.7. The Morgan fingerprint density at radius 3 is 2.95 bits per heavy atom. The highest BCUT2D eigenvalue weighted by Gasteiger charge is 2.41. The van der Waals surface area contributed by atoms with Gasteiger partial charge in [0.25, 0.3) is 0 Å². The molecule has 3 rings (SSSR count). The molecule has 1 atom stereocenters. The van der Waals surface area contributed by atoms with Gasteiger partial charge in [-0.1, -0.05) is 12.5 Å². The Bertz CT molecular complexity index is 544. The second-order valence-corrected chi connectivity index (χ2v) is 6.38. The third kappa shape index (κ3) is 2.77. The van der Waals surface area contributed by atoms with Gasteiger partial charge >= 0.3 is 0 Å². The summed E-state index contributed by atoms with van der Waals surface area (Å²) < 4.78 is 5.32. The van der Waals surface area contributed by atoms with Crippen LogP contribution in [0.2, 0.25) is 0 Å². The Labute approximate surface area is 126 Å². The average molecular weight is 288 g/mol. The van der Waals surface area contributed by atoms with Gasteiger partial charge in [-0.2, -0.15) is 0 Å². The first-order chi connectivity index (χ1) is 10.1. The lowest BCUT2D eigenvalue weighted by atomic mass is 9.72. The fraction of sp³-hybridized carbons (Fsp3) is 0.588. The molecule has 1 fully saturated rings. The molecule has 2 aliphatic rings. The fourth-order valence-electron chi connectivity index (χ4n) is 4.01. The standard InChI is InChI=1S/C17H24N2O2/c1-21-15-5-4-14-11-17(8-6-13(14)10-15)7-2-3-9-19(17)12-16(18)20/h4-5,10H,2-3,6-9,11-12H2,1H3,(H2,18,20). The number of nitrogens with two attached hydrogens (primary N) is 1. The minimum absolute atomic E-state index is 0.134. The van der Waals surface area contributed by atoms with Gasteiger partial charge in [-0.05, 0) is 61.9 Å². The summed E-state index contributed by atoms with van der Waals surface area (Å²) >= 11 is 0. The van der Waals surface area contributed by atoms with Crippen molar-refractivity contribution in [2.75, 3.05) is 20.2 Å². The first-order valence-corrected chi connectivity index (χ1v) is 7.82. The minimum atomic E-state index is -0.211. The van der Waals surface area contributed by atoms with E-state index in [1.54, 1.807) is 7.11 Å². The van der Waals surface area contributed by atoms with Crippen LogP contribution in [0, 0.1) is 0 Å². The summed E-state index contributed by atoms with van der Waals surface area (Å²) in [6.07, 6.45) is 6.79. The van der Waals surface area contributed by atoms with Crippen molar-refractivity contribution in [3.8, 4) is 5.75 Å². The molecule has 1 aliphatic carbocycles. The zero-order valence-electron chi connectivity index (χ0n) is 12.7. The maximum Gasteiger partial charge on any atom is 0.231 e. The third-order valence-electron chi connectivity index (χ3n) is 5.13. The molecule has 1 aromatic carbocycles. The molecule has 1 amide bonds. The maximum absolute atomic E-state index is 11.4. The van der Waals surface area contributed by atoms with Crippen molar-refractivity contribution in [1.82, 2.24) is 4.90 Å². The summed E-state index contributed by atoms with van der Waals surface area (Å²) in [5, 5.41) is 0. The molecule has 1 heterocycles. The van der Waals surface area contributed by atoms with E-state index in [1.807, 2.05) is 6.07 Å². The lowest BCUT2D eigenvalue weighted by molar-refractivity contribution is -0.121. The number of fused-ring (bicyclic) bond motifs is 1. The number of carbonyl (C=O) groups is 1. The van der Waals surface area contributed by atoms with Crippen molar-refractivity contribution in [2.24, 2.45) is 5.73 Å². The number of methoxy groups -OCH3 is 1. The van der Waals surface area contributed by atoms with Crippen LogP contribution in [-0.4, -0.2) is 36.5 Å². The molecule has 2 N–H and O–H groups in total. The smallest absolute Gasteiger partial charge is 0.231 e. The largest absolute Gasteiger partial charge is 0.497 e. The number of aryl methyl sites for hydroxylation is 1. The summed E-state index contributed by atoms with van der Waals surface area (Å²) in [6.45, 7) is 1.39. The van der Waals surface area contributed by atoms with Crippen molar-refractivity contribution in [2.45, 2.75) is 44.1 Å². The summed E-state index contributed by atoms with van der Waals surface area (Å²) in [5.41, 5.74) is 8.38. The molecule has 1 saturated heterocycles. The van der Waals surface area contributed by atoms with Gasteiger partial charge in [0, 0.05) is 5.54 Å². The second kappa shape index (κ2) is 5.68. The van der Waals surface area contributed by atoms with Crippen LogP contribution >= 0.6 is 0 Å². The summed E-state index contributed by atoms with van der Waals surface area (Å²) in [4.78, 5) is 13.7. The van der Waals surface area contributed by atoms with Crippen molar-refractivity contribution < 1.29 is 9.53 Å². The van der Waals surface area contributed by atoms with Gasteiger partial charge in [0.1, 0.15) is 5.75 Å². The molecular weight excluding hydrogens is 264 g/mol. The van der Waals surface area contributed by atoms with Crippen LogP contribution in [0.4, 0.5) is 0 Å². The van der Waals surface area contributed by atoms with Crippen molar-refractivity contribution in [3.05, 3.63) is 29.3 Å². The highest BCUT2D eigenvalue weighted by atomic mass is 16.5. The zero-order chi connectivity index (χ0) is 14.9. The molecule has 0 bridgehead atoms. The maximum atomic E-state index is 11.4. The van der Waals surface area contributed by atoms with Crippen LogP contribution in [0.5, 0.6) is 5.75 Å². The van der Waals surface area contributed by atoms with Crippen LogP contribution in [0.3, 0.4) is 0 Å². The third-order valence-corrected chi connectivity index (χ3v) is 5.13. The molecule has 0 radical (unpaired) electrons. The van der Waals surface area contributed by atoms with Crippen LogP contribution in [0.15, 0.2) is 18.2 Å². The molecule has 1 aliphatic heterocycles. The summed E-state index contributed by atoms with van der Waals surface area (Å²) in [7, 11) is 1.71. The molecule has 4 nitrogen and oxygen atoms in total. The SMILES string of the molecule is COc1ccc2c(c1)CCC1(CCCCN1CC(N)=O)C2. The number of carbonyl (C=O) groups excluding carboxylic acids is 1. The number of likely N-dealkylation sites (tertiary alicyclic amines) is 1. The quantitative estimate of drug-likeness (QED) is 0.924.